The number of carbonyl (C=O) groups is 2. The molecule has 0 saturated heterocycles. The van der Waals surface area contributed by atoms with Gasteiger partial charge in [0.15, 0.2) is 0 Å². The first-order valence-corrected chi connectivity index (χ1v) is 7.64. The molecule has 1 aromatic carbocycles. The molecular weight excluding hydrogens is 308 g/mol. The quantitative estimate of drug-likeness (QED) is 0.780. The van der Waals surface area contributed by atoms with Crippen molar-refractivity contribution < 1.29 is 14.3 Å². The zero-order valence-electron chi connectivity index (χ0n) is 14.3. The molecule has 0 aliphatic heterocycles. The first-order valence-electron chi connectivity index (χ1n) is 7.64. The number of ether oxygens (including phenoxy) is 1. The van der Waals surface area contributed by atoms with Gasteiger partial charge in [-0.3, -0.25) is 14.3 Å². The van der Waals surface area contributed by atoms with E-state index in [1.54, 1.807) is 50.0 Å². The number of benzene rings is 1. The molecule has 1 aromatic heterocycles. The summed E-state index contributed by atoms with van der Waals surface area (Å²) >= 11 is 0. The maximum Gasteiger partial charge on any atom is 0.255 e. The zero-order valence-corrected chi connectivity index (χ0v) is 14.3. The van der Waals surface area contributed by atoms with Crippen LogP contribution >= 0.6 is 0 Å². The second-order valence-electron chi connectivity index (χ2n) is 5.41. The molecule has 2 N–H and O–H groups in total. The summed E-state index contributed by atoms with van der Waals surface area (Å²) in [5.41, 5.74) is 2.59. The number of aryl methyl sites for hydroxylation is 2. The molecule has 1 heterocycles. The van der Waals surface area contributed by atoms with Gasteiger partial charge in [0.05, 0.1) is 18.4 Å². The highest BCUT2D eigenvalue weighted by Gasteiger charge is 2.16. The van der Waals surface area contributed by atoms with E-state index in [2.05, 4.69) is 15.7 Å². The molecule has 2 rings (SSSR count). The van der Waals surface area contributed by atoms with E-state index in [1.807, 2.05) is 6.92 Å². The monoisotopic (exact) mass is 330 g/mol. The summed E-state index contributed by atoms with van der Waals surface area (Å²) < 4.78 is 6.77. The van der Waals surface area contributed by atoms with E-state index in [0.717, 1.165) is 5.69 Å². The summed E-state index contributed by atoms with van der Waals surface area (Å²) in [4.78, 5) is 24.3. The number of hydrogen-bond donors (Lipinski definition) is 2. The number of nitrogens with zero attached hydrogens (tertiary/aromatic N) is 2. The van der Waals surface area contributed by atoms with Crippen molar-refractivity contribution in [1.29, 1.82) is 0 Å². The van der Waals surface area contributed by atoms with Crippen LogP contribution in [0.1, 0.15) is 32.1 Å². The third kappa shape index (κ3) is 3.92. The smallest absolute Gasteiger partial charge is 0.255 e. The molecule has 0 aliphatic rings. The predicted molar refractivity (Wildman–Crippen MR) is 90.3 cm³/mol. The maximum atomic E-state index is 12.2. The van der Waals surface area contributed by atoms with Crippen LogP contribution in [0.4, 0.5) is 0 Å². The minimum atomic E-state index is -0.211. The summed E-state index contributed by atoms with van der Waals surface area (Å²) in [6.07, 6.45) is 0. The van der Waals surface area contributed by atoms with Gasteiger partial charge in [-0.15, -0.1) is 0 Å². The summed E-state index contributed by atoms with van der Waals surface area (Å²) in [5, 5.41) is 9.77. The van der Waals surface area contributed by atoms with Crippen LogP contribution in [0.3, 0.4) is 0 Å². The molecule has 0 saturated carbocycles. The Morgan fingerprint density at radius 3 is 2.42 bits per heavy atom. The predicted octanol–water partition coefficient (Wildman–Crippen LogP) is 1.21. The number of nitrogens with one attached hydrogen (secondary N) is 2. The lowest BCUT2D eigenvalue weighted by molar-refractivity contribution is 0.0927. The number of hydrogen-bond acceptors (Lipinski definition) is 4. The average Bonchev–Trinajstić information content (AvgIpc) is 2.83. The Balaban J connectivity index is 1.84. The van der Waals surface area contributed by atoms with Crippen molar-refractivity contribution in [3.8, 4) is 5.75 Å². The van der Waals surface area contributed by atoms with Gasteiger partial charge < -0.3 is 15.4 Å². The van der Waals surface area contributed by atoms with Crippen molar-refractivity contribution >= 4 is 11.8 Å². The van der Waals surface area contributed by atoms with Gasteiger partial charge in [0.25, 0.3) is 11.8 Å². The van der Waals surface area contributed by atoms with E-state index in [9.17, 15) is 9.59 Å². The second kappa shape index (κ2) is 7.63. The van der Waals surface area contributed by atoms with E-state index in [4.69, 9.17) is 4.74 Å². The lowest BCUT2D eigenvalue weighted by atomic mass is 10.2. The average molecular weight is 330 g/mol. The second-order valence-corrected chi connectivity index (χ2v) is 5.41. The first kappa shape index (κ1) is 17.5. The van der Waals surface area contributed by atoms with Crippen LogP contribution in [0.5, 0.6) is 5.75 Å². The molecule has 0 unspecified atom stereocenters. The molecular formula is C17H22N4O3. The molecule has 24 heavy (non-hydrogen) atoms. The fraction of sp³-hybridized carbons (Fsp3) is 0.353. The van der Waals surface area contributed by atoms with Crippen LogP contribution in [-0.4, -0.2) is 41.8 Å². The van der Waals surface area contributed by atoms with Gasteiger partial charge in [-0.25, -0.2) is 0 Å². The van der Waals surface area contributed by atoms with Gasteiger partial charge >= 0.3 is 0 Å². The highest BCUT2D eigenvalue weighted by Crippen LogP contribution is 2.12. The molecule has 128 valence electrons. The highest BCUT2D eigenvalue weighted by molar-refractivity contribution is 5.96. The van der Waals surface area contributed by atoms with E-state index < -0.39 is 0 Å². The Bertz CT molecular complexity index is 752. The van der Waals surface area contributed by atoms with Crippen molar-refractivity contribution in [3.63, 3.8) is 0 Å². The molecule has 0 radical (unpaired) electrons. The van der Waals surface area contributed by atoms with Crippen molar-refractivity contribution in [2.45, 2.75) is 13.8 Å². The Morgan fingerprint density at radius 1 is 1.17 bits per heavy atom. The van der Waals surface area contributed by atoms with Gasteiger partial charge in [0.1, 0.15) is 5.75 Å². The third-order valence-electron chi connectivity index (χ3n) is 3.76. The van der Waals surface area contributed by atoms with E-state index in [-0.39, 0.29) is 11.8 Å². The topological polar surface area (TPSA) is 85.2 Å². The normalized spacial score (nSPS) is 10.3. The molecule has 0 atom stereocenters. The van der Waals surface area contributed by atoms with Crippen molar-refractivity contribution in [1.82, 2.24) is 20.4 Å². The van der Waals surface area contributed by atoms with Gasteiger partial charge in [-0.2, -0.15) is 5.10 Å². The molecule has 7 heteroatoms. The third-order valence-corrected chi connectivity index (χ3v) is 3.76. The summed E-state index contributed by atoms with van der Waals surface area (Å²) in [6.45, 7) is 4.31. The minimum Gasteiger partial charge on any atom is -0.497 e. The molecule has 0 aliphatic carbocycles. The van der Waals surface area contributed by atoms with Gasteiger partial charge in [-0.1, -0.05) is 6.07 Å². The lowest BCUT2D eigenvalue weighted by Gasteiger charge is -2.08. The van der Waals surface area contributed by atoms with Gasteiger partial charge in [0, 0.05) is 31.4 Å². The van der Waals surface area contributed by atoms with Gasteiger partial charge in [-0.05, 0) is 32.0 Å². The SMILES string of the molecule is COc1cccc(C(=O)NCCNC(=O)c2c(C)nn(C)c2C)c1. The Kier molecular flexibility index (Phi) is 5.57. The van der Waals surface area contributed by atoms with E-state index >= 15 is 0 Å². The zero-order chi connectivity index (χ0) is 17.7. The summed E-state index contributed by atoms with van der Waals surface area (Å²) in [7, 11) is 3.35. The number of rotatable bonds is 6. The number of methoxy groups -OCH3 is 1. The van der Waals surface area contributed by atoms with Crippen LogP contribution in [0.15, 0.2) is 24.3 Å². The molecule has 0 spiro atoms. The molecule has 2 aromatic rings. The highest BCUT2D eigenvalue weighted by atomic mass is 16.5. The number of aromatic nitrogens is 2. The maximum absolute atomic E-state index is 12.2. The minimum absolute atomic E-state index is 0.186. The lowest BCUT2D eigenvalue weighted by Crippen LogP contribution is -2.35. The largest absolute Gasteiger partial charge is 0.497 e. The van der Waals surface area contributed by atoms with Crippen molar-refractivity contribution in [3.05, 3.63) is 46.8 Å². The fourth-order valence-electron chi connectivity index (χ4n) is 2.41. The van der Waals surface area contributed by atoms with Gasteiger partial charge in [0.2, 0.25) is 0 Å². The Hall–Kier alpha value is -2.83. The molecule has 0 fully saturated rings. The van der Waals surface area contributed by atoms with Crippen LogP contribution in [0.25, 0.3) is 0 Å². The van der Waals surface area contributed by atoms with E-state index in [1.165, 1.54) is 0 Å². The number of amides is 2. The molecule has 2 amide bonds. The Labute approximate surface area is 141 Å². The van der Waals surface area contributed by atoms with E-state index in [0.29, 0.717) is 35.7 Å². The molecule has 0 bridgehead atoms. The van der Waals surface area contributed by atoms with Crippen molar-refractivity contribution in [2.75, 3.05) is 20.2 Å². The summed E-state index contributed by atoms with van der Waals surface area (Å²) in [5.74, 6) is 0.226. The summed E-state index contributed by atoms with van der Waals surface area (Å²) in [6, 6.07) is 6.90. The van der Waals surface area contributed by atoms with Crippen LogP contribution < -0.4 is 15.4 Å². The molecule has 7 nitrogen and oxygen atoms in total. The van der Waals surface area contributed by atoms with Crippen LogP contribution in [0.2, 0.25) is 0 Å². The Morgan fingerprint density at radius 2 is 1.83 bits per heavy atom. The van der Waals surface area contributed by atoms with Crippen LogP contribution in [-0.2, 0) is 7.05 Å². The first-order chi connectivity index (χ1) is 11.4. The van der Waals surface area contributed by atoms with Crippen molar-refractivity contribution in [2.24, 2.45) is 7.05 Å². The standard InChI is InChI=1S/C17H22N4O3/c1-11-15(12(2)21(3)20-11)17(23)19-9-8-18-16(22)13-6-5-7-14(10-13)24-4/h5-7,10H,8-9H2,1-4H3,(H,18,22)(H,19,23). The van der Waals surface area contributed by atoms with Crippen LogP contribution in [0, 0.1) is 13.8 Å². The fourth-order valence-corrected chi connectivity index (χ4v) is 2.41. The number of carbonyl (C=O) groups excluding carboxylic acids is 2.